The van der Waals surface area contributed by atoms with E-state index in [0.29, 0.717) is 0 Å². The van der Waals surface area contributed by atoms with Gasteiger partial charge >= 0.3 is 0 Å². The third-order valence-corrected chi connectivity index (χ3v) is 4.38. The summed E-state index contributed by atoms with van der Waals surface area (Å²) in [6, 6.07) is 10.2. The van der Waals surface area contributed by atoms with Crippen LogP contribution in [0, 0.1) is 0 Å². The summed E-state index contributed by atoms with van der Waals surface area (Å²) in [5, 5.41) is 13.2. The Morgan fingerprint density at radius 3 is 2.45 bits per heavy atom. The summed E-state index contributed by atoms with van der Waals surface area (Å²) in [4.78, 5) is 4.49. The Morgan fingerprint density at radius 1 is 1.10 bits per heavy atom. The standard InChI is InChI=1S/C16H21N2O.HI/c1-18(2)11-8-16(19,9-12-18)15-14-6-4-3-5-13(14)7-10-17-15;/h3-7,10,19H,8-9,11-12H2,1-2H3;1H/q+1;/p-1. The molecule has 1 fully saturated rings. The predicted molar refractivity (Wildman–Crippen MR) is 76.7 cm³/mol. The first-order valence-corrected chi connectivity index (χ1v) is 6.89. The molecule has 3 rings (SSSR count). The number of aliphatic hydroxyl groups is 1. The van der Waals surface area contributed by atoms with E-state index in [9.17, 15) is 5.11 Å². The quantitative estimate of drug-likeness (QED) is 0.521. The molecule has 2 heterocycles. The number of nitrogens with zero attached hydrogens (tertiary/aromatic N) is 2. The largest absolute Gasteiger partial charge is 1.00 e. The van der Waals surface area contributed by atoms with Gasteiger partial charge in [0.2, 0.25) is 0 Å². The molecule has 108 valence electrons. The Balaban J connectivity index is 0.00000147. The zero-order valence-electron chi connectivity index (χ0n) is 12.0. The molecule has 0 saturated carbocycles. The normalized spacial score (nSPS) is 20.4. The van der Waals surface area contributed by atoms with E-state index in [2.05, 4.69) is 31.2 Å². The number of rotatable bonds is 1. The third-order valence-electron chi connectivity index (χ3n) is 4.38. The second-order valence-corrected chi connectivity index (χ2v) is 6.30. The van der Waals surface area contributed by atoms with Crippen LogP contribution < -0.4 is 24.0 Å². The van der Waals surface area contributed by atoms with Crippen LogP contribution in [0.1, 0.15) is 18.5 Å². The molecule has 0 bridgehead atoms. The number of halogens is 1. The lowest BCUT2D eigenvalue weighted by atomic mass is 9.85. The smallest absolute Gasteiger partial charge is 0.118 e. The summed E-state index contributed by atoms with van der Waals surface area (Å²) < 4.78 is 0.979. The van der Waals surface area contributed by atoms with Gasteiger partial charge in [-0.05, 0) is 11.5 Å². The molecule has 1 aromatic carbocycles. The summed E-state index contributed by atoms with van der Waals surface area (Å²) in [5.41, 5.74) is 0.0829. The molecule has 4 heteroatoms. The van der Waals surface area contributed by atoms with E-state index < -0.39 is 5.60 Å². The fourth-order valence-corrected chi connectivity index (χ4v) is 2.94. The lowest BCUT2D eigenvalue weighted by Crippen LogP contribution is -3.00. The van der Waals surface area contributed by atoms with E-state index in [1.807, 2.05) is 24.4 Å². The summed E-state index contributed by atoms with van der Waals surface area (Å²) in [7, 11) is 4.44. The minimum Gasteiger partial charge on any atom is -1.00 e. The van der Waals surface area contributed by atoms with Crippen LogP contribution in [0.2, 0.25) is 0 Å². The van der Waals surface area contributed by atoms with Gasteiger partial charge in [0.25, 0.3) is 0 Å². The average Bonchev–Trinajstić information content (AvgIpc) is 2.42. The van der Waals surface area contributed by atoms with E-state index in [0.717, 1.165) is 46.9 Å². The van der Waals surface area contributed by atoms with Crippen molar-refractivity contribution in [3.63, 3.8) is 0 Å². The lowest BCUT2D eigenvalue weighted by molar-refractivity contribution is -0.898. The zero-order valence-corrected chi connectivity index (χ0v) is 14.2. The van der Waals surface area contributed by atoms with Gasteiger partial charge in [0.1, 0.15) is 5.60 Å². The molecule has 0 aliphatic carbocycles. The van der Waals surface area contributed by atoms with Crippen LogP contribution in [0.4, 0.5) is 0 Å². The van der Waals surface area contributed by atoms with Gasteiger partial charge in [-0.25, -0.2) is 0 Å². The van der Waals surface area contributed by atoms with Gasteiger partial charge in [-0.2, -0.15) is 0 Å². The fourth-order valence-electron chi connectivity index (χ4n) is 2.94. The van der Waals surface area contributed by atoms with Crippen molar-refractivity contribution in [1.82, 2.24) is 4.98 Å². The summed E-state index contributed by atoms with van der Waals surface area (Å²) in [5.74, 6) is 0. The predicted octanol–water partition coefficient (Wildman–Crippen LogP) is -0.703. The maximum Gasteiger partial charge on any atom is 0.118 e. The molecule has 0 atom stereocenters. The molecule has 0 spiro atoms. The number of pyridine rings is 1. The number of hydrogen-bond acceptors (Lipinski definition) is 2. The van der Waals surface area contributed by atoms with Crippen molar-refractivity contribution in [1.29, 1.82) is 0 Å². The molecule has 1 aromatic heterocycles. The van der Waals surface area contributed by atoms with Crippen LogP contribution >= 0.6 is 0 Å². The van der Waals surface area contributed by atoms with Crippen molar-refractivity contribution in [2.45, 2.75) is 18.4 Å². The maximum absolute atomic E-state index is 11.0. The Morgan fingerprint density at radius 2 is 1.75 bits per heavy atom. The number of benzene rings is 1. The van der Waals surface area contributed by atoms with E-state index in [1.54, 1.807) is 0 Å². The highest BCUT2D eigenvalue weighted by molar-refractivity contribution is 5.84. The van der Waals surface area contributed by atoms with Crippen molar-refractivity contribution in [2.24, 2.45) is 0 Å². The van der Waals surface area contributed by atoms with Gasteiger partial charge in [-0.15, -0.1) is 0 Å². The highest BCUT2D eigenvalue weighted by Crippen LogP contribution is 2.36. The van der Waals surface area contributed by atoms with Gasteiger partial charge in [-0.3, -0.25) is 4.98 Å². The van der Waals surface area contributed by atoms with E-state index >= 15 is 0 Å². The van der Waals surface area contributed by atoms with Gasteiger partial charge in [0.15, 0.2) is 0 Å². The molecule has 0 unspecified atom stereocenters. The van der Waals surface area contributed by atoms with Crippen LogP contribution in [0.25, 0.3) is 10.8 Å². The molecule has 0 radical (unpaired) electrons. The number of hydrogen-bond donors (Lipinski definition) is 1. The lowest BCUT2D eigenvalue weighted by Gasteiger charge is -2.41. The first-order valence-electron chi connectivity index (χ1n) is 6.89. The van der Waals surface area contributed by atoms with Crippen LogP contribution in [-0.2, 0) is 5.60 Å². The Bertz CT molecular complexity index is 597. The summed E-state index contributed by atoms with van der Waals surface area (Å²) in [6.45, 7) is 1.98. The fraction of sp³-hybridized carbons (Fsp3) is 0.438. The van der Waals surface area contributed by atoms with E-state index in [4.69, 9.17) is 0 Å². The molecule has 1 N–H and O–H groups in total. The molecule has 0 amide bonds. The van der Waals surface area contributed by atoms with Crippen molar-refractivity contribution >= 4 is 10.8 Å². The average molecular weight is 384 g/mol. The first-order chi connectivity index (χ1) is 9.00. The Kier molecular flexibility index (Phi) is 4.37. The molecule has 1 aliphatic rings. The van der Waals surface area contributed by atoms with Gasteiger partial charge in [0.05, 0.1) is 32.9 Å². The number of aromatic nitrogens is 1. The van der Waals surface area contributed by atoms with Crippen LogP contribution in [0.3, 0.4) is 0 Å². The van der Waals surface area contributed by atoms with E-state index in [1.165, 1.54) is 0 Å². The minimum atomic E-state index is -0.769. The first kappa shape index (κ1) is 15.7. The molecular weight excluding hydrogens is 363 g/mol. The number of likely N-dealkylation sites (tertiary alicyclic amines) is 1. The second kappa shape index (κ2) is 5.58. The van der Waals surface area contributed by atoms with Crippen LogP contribution in [-0.4, -0.2) is 41.8 Å². The molecule has 3 nitrogen and oxygen atoms in total. The van der Waals surface area contributed by atoms with Crippen molar-refractivity contribution in [3.8, 4) is 0 Å². The van der Waals surface area contributed by atoms with Crippen LogP contribution in [0.5, 0.6) is 0 Å². The number of fused-ring (bicyclic) bond motifs is 1. The van der Waals surface area contributed by atoms with Gasteiger partial charge < -0.3 is 33.6 Å². The minimum absolute atomic E-state index is 0. The number of quaternary nitrogens is 1. The monoisotopic (exact) mass is 384 g/mol. The summed E-state index contributed by atoms with van der Waals surface area (Å²) in [6.07, 6.45) is 3.37. The molecular formula is C16H21IN2O. The molecule has 2 aromatic rings. The zero-order chi connectivity index (χ0) is 13.5. The SMILES string of the molecule is C[N+]1(C)CCC(O)(c2nccc3ccccc23)CC1.[I-]. The molecule has 1 saturated heterocycles. The van der Waals surface area contributed by atoms with Gasteiger partial charge in [-0.1, -0.05) is 24.3 Å². The Hall–Kier alpha value is -0.720. The molecule has 20 heavy (non-hydrogen) atoms. The highest BCUT2D eigenvalue weighted by atomic mass is 127. The van der Waals surface area contributed by atoms with Crippen LogP contribution in [0.15, 0.2) is 36.5 Å². The third kappa shape index (κ3) is 2.82. The number of piperidine rings is 1. The Labute approximate surface area is 137 Å². The van der Waals surface area contributed by atoms with Crippen molar-refractivity contribution in [2.75, 3.05) is 27.2 Å². The van der Waals surface area contributed by atoms with Crippen molar-refractivity contribution < 1.29 is 33.6 Å². The van der Waals surface area contributed by atoms with Crippen molar-refractivity contribution in [3.05, 3.63) is 42.2 Å². The second-order valence-electron chi connectivity index (χ2n) is 6.30. The van der Waals surface area contributed by atoms with E-state index in [-0.39, 0.29) is 24.0 Å². The highest BCUT2D eigenvalue weighted by Gasteiger charge is 2.40. The van der Waals surface area contributed by atoms with Gasteiger partial charge in [0, 0.05) is 24.4 Å². The topological polar surface area (TPSA) is 33.1 Å². The summed E-state index contributed by atoms with van der Waals surface area (Å²) >= 11 is 0. The molecule has 1 aliphatic heterocycles. The maximum atomic E-state index is 11.0.